The number of hydroxylamine groups is 1. The van der Waals surface area contributed by atoms with Gasteiger partial charge in [-0.3, -0.25) is 9.63 Å². The molecule has 1 aromatic rings. The molecule has 0 saturated heterocycles. The molecule has 0 bridgehead atoms. The maximum absolute atomic E-state index is 15.4. The zero-order valence-corrected chi connectivity index (χ0v) is 20.6. The third-order valence-electron chi connectivity index (χ3n) is 4.76. The fraction of sp³-hybridized carbons (Fsp3) is 0.440. The van der Waals surface area contributed by atoms with Crippen molar-refractivity contribution in [2.75, 3.05) is 26.0 Å². The van der Waals surface area contributed by atoms with E-state index in [9.17, 15) is 10.1 Å². The second-order valence-electron chi connectivity index (χ2n) is 9.18. The first-order valence-corrected chi connectivity index (χ1v) is 10.4. The molecule has 0 aliphatic rings. The van der Waals surface area contributed by atoms with Crippen LogP contribution < -0.4 is 10.8 Å². The van der Waals surface area contributed by atoms with Gasteiger partial charge in [-0.05, 0) is 62.5 Å². The van der Waals surface area contributed by atoms with Crippen LogP contribution in [-0.2, 0) is 4.84 Å². The van der Waals surface area contributed by atoms with Crippen molar-refractivity contribution in [2.24, 2.45) is 5.41 Å². The first-order chi connectivity index (χ1) is 14.8. The van der Waals surface area contributed by atoms with Crippen LogP contribution in [0.1, 0.15) is 57.5 Å². The minimum absolute atomic E-state index is 0.0309. The molecule has 1 rings (SSSR count). The van der Waals surface area contributed by atoms with Crippen molar-refractivity contribution >= 4 is 11.6 Å². The van der Waals surface area contributed by atoms with Crippen LogP contribution in [0.2, 0.25) is 0 Å². The number of halogens is 1. The lowest BCUT2D eigenvalue weighted by atomic mass is 9.96. The average molecular weight is 443 g/mol. The second kappa shape index (κ2) is 11.5. The standard InChI is InChI=1S/C25H35FN4O2/c1-16(2)23(28-22-13-19(11-10-17(22)3)24(31)29-32-9)21(26)12-20(14-27)18(4)30(8)15-25(5,6)7/h10-13,28H,15H2,1-9H3,(H,29,31)/b20-18-,21-12+. The first-order valence-electron chi connectivity index (χ1n) is 10.4. The summed E-state index contributed by atoms with van der Waals surface area (Å²) in [5.41, 5.74) is 5.98. The number of amides is 1. The fourth-order valence-electron chi connectivity index (χ4n) is 3.06. The van der Waals surface area contributed by atoms with Crippen LogP contribution in [-0.4, -0.2) is 31.5 Å². The molecule has 1 amide bonds. The number of hydrogen-bond acceptors (Lipinski definition) is 5. The van der Waals surface area contributed by atoms with Crippen molar-refractivity contribution in [1.29, 1.82) is 5.26 Å². The predicted octanol–water partition coefficient (Wildman–Crippen LogP) is 5.62. The Balaban J connectivity index is 3.33. The summed E-state index contributed by atoms with van der Waals surface area (Å²) in [6.45, 7) is 14.3. The summed E-state index contributed by atoms with van der Waals surface area (Å²) in [6.07, 6.45) is 1.25. The summed E-state index contributed by atoms with van der Waals surface area (Å²) >= 11 is 0. The van der Waals surface area contributed by atoms with Gasteiger partial charge < -0.3 is 10.2 Å². The Labute approximate surface area is 191 Å². The molecule has 174 valence electrons. The molecule has 0 saturated carbocycles. The van der Waals surface area contributed by atoms with E-state index in [-0.39, 0.29) is 16.7 Å². The minimum atomic E-state index is -0.559. The lowest BCUT2D eigenvalue weighted by Crippen LogP contribution is -2.28. The van der Waals surface area contributed by atoms with Gasteiger partial charge in [0.25, 0.3) is 5.91 Å². The van der Waals surface area contributed by atoms with E-state index in [0.717, 1.165) is 12.1 Å². The number of rotatable bonds is 8. The fourth-order valence-corrected chi connectivity index (χ4v) is 3.06. The lowest BCUT2D eigenvalue weighted by molar-refractivity contribution is 0.0537. The van der Waals surface area contributed by atoms with Gasteiger partial charge in [0, 0.05) is 30.5 Å². The van der Waals surface area contributed by atoms with Gasteiger partial charge in [0.05, 0.1) is 18.4 Å². The molecule has 0 unspecified atom stereocenters. The van der Waals surface area contributed by atoms with Crippen LogP contribution in [0.3, 0.4) is 0 Å². The molecule has 0 atom stereocenters. The van der Waals surface area contributed by atoms with E-state index in [4.69, 9.17) is 0 Å². The summed E-state index contributed by atoms with van der Waals surface area (Å²) in [5.74, 6) is -0.964. The number of benzene rings is 1. The van der Waals surface area contributed by atoms with Gasteiger partial charge >= 0.3 is 0 Å². The highest BCUT2D eigenvalue weighted by Gasteiger charge is 2.17. The topological polar surface area (TPSA) is 77.4 Å². The maximum atomic E-state index is 15.4. The van der Waals surface area contributed by atoms with E-state index in [1.54, 1.807) is 32.0 Å². The minimum Gasteiger partial charge on any atom is -0.377 e. The van der Waals surface area contributed by atoms with Gasteiger partial charge in [-0.15, -0.1) is 0 Å². The SMILES string of the molecule is CONC(=O)c1ccc(C)c(NC(=C(C)C)/C(F)=C\C(C#N)=C(/C)N(C)CC(C)(C)C)c1. The number of allylic oxidation sites excluding steroid dienone is 5. The number of aryl methyl sites for hydroxylation is 1. The summed E-state index contributed by atoms with van der Waals surface area (Å²) < 4.78 is 15.4. The van der Waals surface area contributed by atoms with Crippen molar-refractivity contribution in [2.45, 2.75) is 48.5 Å². The molecule has 6 nitrogen and oxygen atoms in total. The molecule has 0 spiro atoms. The van der Waals surface area contributed by atoms with Gasteiger partial charge in [-0.1, -0.05) is 26.8 Å². The van der Waals surface area contributed by atoms with Gasteiger partial charge in [0.2, 0.25) is 0 Å². The summed E-state index contributed by atoms with van der Waals surface area (Å²) in [6, 6.07) is 7.17. The quantitative estimate of drug-likeness (QED) is 0.310. The number of hydrogen-bond donors (Lipinski definition) is 2. The molecule has 2 N–H and O–H groups in total. The highest BCUT2D eigenvalue weighted by molar-refractivity contribution is 5.94. The van der Waals surface area contributed by atoms with E-state index < -0.39 is 11.7 Å². The molecule has 7 heteroatoms. The van der Waals surface area contributed by atoms with Crippen LogP contribution >= 0.6 is 0 Å². The van der Waals surface area contributed by atoms with Crippen LogP contribution in [0.4, 0.5) is 10.1 Å². The molecule has 0 aliphatic carbocycles. The van der Waals surface area contributed by atoms with Gasteiger partial charge in [0.15, 0.2) is 0 Å². The normalized spacial score (nSPS) is 12.5. The molecule has 0 aromatic heterocycles. The summed E-state index contributed by atoms with van der Waals surface area (Å²) in [7, 11) is 3.25. The Morgan fingerprint density at radius 3 is 2.41 bits per heavy atom. The highest BCUT2D eigenvalue weighted by atomic mass is 19.1. The smallest absolute Gasteiger partial charge is 0.274 e. The Bertz CT molecular complexity index is 975. The summed E-state index contributed by atoms with van der Waals surface area (Å²) in [4.78, 5) is 18.7. The average Bonchev–Trinajstić information content (AvgIpc) is 2.69. The van der Waals surface area contributed by atoms with Gasteiger partial charge in [-0.25, -0.2) is 9.87 Å². The van der Waals surface area contributed by atoms with Crippen molar-refractivity contribution < 1.29 is 14.0 Å². The van der Waals surface area contributed by atoms with Crippen LogP contribution in [0, 0.1) is 23.7 Å². The number of carbonyl (C=O) groups excluding carboxylic acids is 1. The Morgan fingerprint density at radius 1 is 1.28 bits per heavy atom. The van der Waals surface area contributed by atoms with E-state index in [1.165, 1.54) is 13.2 Å². The number of nitrogens with zero attached hydrogens (tertiary/aromatic N) is 2. The zero-order chi connectivity index (χ0) is 24.6. The second-order valence-corrected chi connectivity index (χ2v) is 9.18. The van der Waals surface area contributed by atoms with E-state index in [1.807, 2.05) is 25.8 Å². The van der Waals surface area contributed by atoms with Crippen molar-refractivity contribution in [3.8, 4) is 6.07 Å². The molecular weight excluding hydrogens is 407 g/mol. The van der Waals surface area contributed by atoms with Crippen LogP contribution in [0.25, 0.3) is 0 Å². The predicted molar refractivity (Wildman–Crippen MR) is 127 cm³/mol. The Kier molecular flexibility index (Phi) is 9.67. The third-order valence-corrected chi connectivity index (χ3v) is 4.76. The maximum Gasteiger partial charge on any atom is 0.274 e. The highest BCUT2D eigenvalue weighted by Crippen LogP contribution is 2.26. The van der Waals surface area contributed by atoms with Crippen LogP contribution in [0.15, 0.2) is 52.6 Å². The number of nitriles is 1. The van der Waals surface area contributed by atoms with Crippen LogP contribution in [0.5, 0.6) is 0 Å². The van der Waals surface area contributed by atoms with E-state index in [0.29, 0.717) is 22.5 Å². The van der Waals surface area contributed by atoms with Crippen molar-refractivity contribution in [3.63, 3.8) is 0 Å². The molecule has 32 heavy (non-hydrogen) atoms. The molecule has 0 radical (unpaired) electrons. The summed E-state index contributed by atoms with van der Waals surface area (Å²) in [5, 5.41) is 12.7. The Hall–Kier alpha value is -3.11. The van der Waals surface area contributed by atoms with Crippen molar-refractivity contribution in [1.82, 2.24) is 10.4 Å². The lowest BCUT2D eigenvalue weighted by Gasteiger charge is -2.29. The van der Waals surface area contributed by atoms with Gasteiger partial charge in [-0.2, -0.15) is 5.26 Å². The largest absolute Gasteiger partial charge is 0.377 e. The molecular formula is C25H35FN4O2. The zero-order valence-electron chi connectivity index (χ0n) is 20.6. The third kappa shape index (κ3) is 7.86. The number of carbonyl (C=O) groups is 1. The number of nitrogens with one attached hydrogen (secondary N) is 2. The van der Waals surface area contributed by atoms with Crippen molar-refractivity contribution in [3.05, 3.63) is 63.8 Å². The van der Waals surface area contributed by atoms with E-state index in [2.05, 4.69) is 42.5 Å². The van der Waals surface area contributed by atoms with E-state index >= 15 is 4.39 Å². The molecule has 0 aliphatic heterocycles. The molecule has 1 aromatic carbocycles. The number of anilines is 1. The monoisotopic (exact) mass is 442 g/mol. The first kappa shape index (κ1) is 26.9. The Morgan fingerprint density at radius 2 is 1.91 bits per heavy atom. The van der Waals surface area contributed by atoms with Gasteiger partial charge in [0.1, 0.15) is 11.9 Å². The molecule has 0 fully saturated rings. The molecule has 0 heterocycles.